The van der Waals surface area contributed by atoms with Crippen molar-refractivity contribution >= 4 is 17.2 Å². The lowest BCUT2D eigenvalue weighted by Gasteiger charge is -2.36. The summed E-state index contributed by atoms with van der Waals surface area (Å²) in [5.41, 5.74) is -0.207. The van der Waals surface area contributed by atoms with Crippen LogP contribution in [0.2, 0.25) is 0 Å². The molecule has 4 heteroatoms. The van der Waals surface area contributed by atoms with Gasteiger partial charge in [-0.3, -0.25) is 4.79 Å². The third kappa shape index (κ3) is 3.41. The second kappa shape index (κ2) is 7.23. The Bertz CT molecular complexity index is 410. The molecule has 0 aromatic carbocycles. The molecular weight excluding hydrogens is 268 g/mol. The molecule has 0 spiro atoms. The second-order valence-electron chi connectivity index (χ2n) is 5.74. The molecule has 1 saturated heterocycles. The highest BCUT2D eigenvalue weighted by molar-refractivity contribution is 7.10. The first kappa shape index (κ1) is 15.5. The van der Waals surface area contributed by atoms with Crippen molar-refractivity contribution in [1.29, 1.82) is 0 Å². The maximum Gasteiger partial charge on any atom is 0.228 e. The summed E-state index contributed by atoms with van der Waals surface area (Å²) in [5, 5.41) is 8.79. The third-order valence-electron chi connectivity index (χ3n) is 4.40. The Morgan fingerprint density at radius 2 is 2.40 bits per heavy atom. The lowest BCUT2D eigenvalue weighted by Crippen LogP contribution is -2.50. The first-order valence-corrected chi connectivity index (χ1v) is 8.65. The summed E-state index contributed by atoms with van der Waals surface area (Å²) in [5.74, 6) is 0.235. The number of thiophene rings is 1. The molecule has 2 heterocycles. The minimum Gasteiger partial charge on any atom is -0.348 e. The minimum absolute atomic E-state index is 0.179. The van der Waals surface area contributed by atoms with Crippen LogP contribution in [0.1, 0.15) is 56.9 Å². The summed E-state index contributed by atoms with van der Waals surface area (Å²) in [6.07, 6.45) is 5.11. The fourth-order valence-corrected chi connectivity index (χ4v) is 3.81. The first-order chi connectivity index (χ1) is 9.72. The Hall–Kier alpha value is -0.870. The molecule has 1 aromatic rings. The maximum atomic E-state index is 12.8. The van der Waals surface area contributed by atoms with E-state index in [4.69, 9.17) is 0 Å². The molecule has 1 aromatic heterocycles. The van der Waals surface area contributed by atoms with Crippen LogP contribution >= 0.6 is 11.3 Å². The molecule has 0 aliphatic carbocycles. The predicted octanol–water partition coefficient (Wildman–Crippen LogP) is 3.49. The van der Waals surface area contributed by atoms with Crippen LogP contribution in [0.15, 0.2) is 17.5 Å². The van der Waals surface area contributed by atoms with E-state index < -0.39 is 0 Å². The summed E-state index contributed by atoms with van der Waals surface area (Å²) < 4.78 is 0. The standard InChI is InChI=1S/C16H26N2OS/c1-3-7-13(14-8-5-11-20-14)18-15(19)16(4-2)9-6-10-17-12-16/h5,8,11,13,17H,3-4,6-7,9-10,12H2,1-2H3,(H,18,19). The molecule has 0 bridgehead atoms. The number of nitrogens with one attached hydrogen (secondary N) is 2. The van der Waals surface area contributed by atoms with Gasteiger partial charge in [0.05, 0.1) is 11.5 Å². The molecule has 1 fully saturated rings. The fraction of sp³-hybridized carbons (Fsp3) is 0.688. The van der Waals surface area contributed by atoms with Crippen molar-refractivity contribution in [1.82, 2.24) is 10.6 Å². The van der Waals surface area contributed by atoms with Crippen molar-refractivity contribution in [3.63, 3.8) is 0 Å². The van der Waals surface area contributed by atoms with Crippen molar-refractivity contribution in [2.75, 3.05) is 13.1 Å². The average molecular weight is 294 g/mol. The first-order valence-electron chi connectivity index (χ1n) is 7.77. The van der Waals surface area contributed by atoms with Gasteiger partial charge in [-0.2, -0.15) is 0 Å². The molecule has 1 amide bonds. The van der Waals surface area contributed by atoms with Crippen LogP contribution in [0.4, 0.5) is 0 Å². The average Bonchev–Trinajstić information content (AvgIpc) is 3.01. The molecule has 20 heavy (non-hydrogen) atoms. The van der Waals surface area contributed by atoms with Crippen LogP contribution in [0, 0.1) is 5.41 Å². The highest BCUT2D eigenvalue weighted by atomic mass is 32.1. The zero-order valence-electron chi connectivity index (χ0n) is 12.6. The molecule has 3 nitrogen and oxygen atoms in total. The fourth-order valence-electron chi connectivity index (χ4n) is 3.00. The van der Waals surface area contributed by atoms with Crippen LogP contribution in [-0.2, 0) is 4.79 Å². The Labute approximate surface area is 126 Å². The van der Waals surface area contributed by atoms with E-state index >= 15 is 0 Å². The predicted molar refractivity (Wildman–Crippen MR) is 84.9 cm³/mol. The van der Waals surface area contributed by atoms with Crippen molar-refractivity contribution < 1.29 is 4.79 Å². The van der Waals surface area contributed by atoms with Crippen LogP contribution in [0.25, 0.3) is 0 Å². The molecule has 1 aliphatic rings. The van der Waals surface area contributed by atoms with E-state index in [0.717, 1.165) is 45.2 Å². The monoisotopic (exact) mass is 294 g/mol. The summed E-state index contributed by atoms with van der Waals surface area (Å²) in [6, 6.07) is 4.37. The number of carbonyl (C=O) groups is 1. The zero-order chi connectivity index (χ0) is 14.4. The van der Waals surface area contributed by atoms with Gasteiger partial charge >= 0.3 is 0 Å². The Kier molecular flexibility index (Phi) is 5.61. The SMILES string of the molecule is CCCC(NC(=O)C1(CC)CCCNC1)c1cccs1. The van der Waals surface area contributed by atoms with E-state index in [9.17, 15) is 4.79 Å². The quantitative estimate of drug-likeness (QED) is 0.843. The Morgan fingerprint density at radius 1 is 1.55 bits per heavy atom. The van der Waals surface area contributed by atoms with Gasteiger partial charge in [-0.15, -0.1) is 11.3 Å². The van der Waals surface area contributed by atoms with Gasteiger partial charge in [0.15, 0.2) is 0 Å². The summed E-state index contributed by atoms with van der Waals surface area (Å²) in [7, 11) is 0. The maximum absolute atomic E-state index is 12.8. The molecule has 2 unspecified atom stereocenters. The zero-order valence-corrected chi connectivity index (χ0v) is 13.4. The molecule has 2 rings (SSSR count). The van der Waals surface area contributed by atoms with E-state index in [-0.39, 0.29) is 17.4 Å². The molecule has 0 radical (unpaired) electrons. The topological polar surface area (TPSA) is 41.1 Å². The van der Waals surface area contributed by atoms with Crippen LogP contribution in [0.3, 0.4) is 0 Å². The van der Waals surface area contributed by atoms with Crippen molar-refractivity contribution in [2.45, 2.75) is 52.0 Å². The number of rotatable bonds is 6. The van der Waals surface area contributed by atoms with Gasteiger partial charge < -0.3 is 10.6 Å². The van der Waals surface area contributed by atoms with Gasteiger partial charge in [0.1, 0.15) is 0 Å². The number of piperidine rings is 1. The normalized spacial score (nSPS) is 24.3. The molecular formula is C16H26N2OS. The summed E-state index contributed by atoms with van der Waals surface area (Å²) in [6.45, 7) is 6.16. The van der Waals surface area contributed by atoms with Gasteiger partial charge in [0, 0.05) is 11.4 Å². The molecule has 0 saturated carbocycles. The van der Waals surface area contributed by atoms with Crippen LogP contribution in [-0.4, -0.2) is 19.0 Å². The van der Waals surface area contributed by atoms with Crippen LogP contribution in [0.5, 0.6) is 0 Å². The largest absolute Gasteiger partial charge is 0.348 e. The van der Waals surface area contributed by atoms with Gasteiger partial charge in [-0.1, -0.05) is 26.3 Å². The Morgan fingerprint density at radius 3 is 2.95 bits per heavy atom. The van der Waals surface area contributed by atoms with Crippen molar-refractivity contribution in [2.24, 2.45) is 5.41 Å². The lowest BCUT2D eigenvalue weighted by molar-refractivity contribution is -0.133. The highest BCUT2D eigenvalue weighted by Crippen LogP contribution is 2.32. The van der Waals surface area contributed by atoms with Crippen molar-refractivity contribution in [3.8, 4) is 0 Å². The number of hydrogen-bond donors (Lipinski definition) is 2. The van der Waals surface area contributed by atoms with Crippen molar-refractivity contribution in [3.05, 3.63) is 22.4 Å². The van der Waals surface area contributed by atoms with Gasteiger partial charge in [0.25, 0.3) is 0 Å². The molecule has 2 atom stereocenters. The summed E-state index contributed by atoms with van der Waals surface area (Å²) in [4.78, 5) is 14.1. The van der Waals surface area contributed by atoms with Crippen LogP contribution < -0.4 is 10.6 Å². The molecule has 2 N–H and O–H groups in total. The number of amides is 1. The highest BCUT2D eigenvalue weighted by Gasteiger charge is 2.38. The smallest absolute Gasteiger partial charge is 0.228 e. The Balaban J connectivity index is 2.07. The number of hydrogen-bond acceptors (Lipinski definition) is 3. The molecule has 1 aliphatic heterocycles. The van der Waals surface area contributed by atoms with Gasteiger partial charge in [0.2, 0.25) is 5.91 Å². The second-order valence-corrected chi connectivity index (χ2v) is 6.72. The van der Waals surface area contributed by atoms with E-state index in [1.54, 1.807) is 11.3 Å². The van der Waals surface area contributed by atoms with Gasteiger partial charge in [-0.25, -0.2) is 0 Å². The summed E-state index contributed by atoms with van der Waals surface area (Å²) >= 11 is 1.74. The third-order valence-corrected chi connectivity index (χ3v) is 5.39. The van der Waals surface area contributed by atoms with E-state index in [2.05, 4.69) is 42.0 Å². The minimum atomic E-state index is -0.207. The van der Waals surface area contributed by atoms with Gasteiger partial charge in [-0.05, 0) is 43.7 Å². The van der Waals surface area contributed by atoms with E-state index in [0.29, 0.717) is 0 Å². The van der Waals surface area contributed by atoms with E-state index in [1.165, 1.54) is 4.88 Å². The number of carbonyl (C=O) groups excluding carboxylic acids is 1. The van der Waals surface area contributed by atoms with E-state index in [1.807, 2.05) is 0 Å². The molecule has 112 valence electrons. The lowest BCUT2D eigenvalue weighted by atomic mass is 9.77.